The molecule has 1 N–H and O–H groups in total. The van der Waals surface area contributed by atoms with Crippen LogP contribution in [0.5, 0.6) is 0 Å². The predicted molar refractivity (Wildman–Crippen MR) is 131 cm³/mol. The van der Waals surface area contributed by atoms with Gasteiger partial charge in [0, 0.05) is 24.2 Å². The molecule has 178 valence electrons. The molecule has 1 spiro atoms. The third-order valence-corrected chi connectivity index (χ3v) is 6.58. The van der Waals surface area contributed by atoms with Crippen molar-refractivity contribution >= 4 is 29.0 Å². The van der Waals surface area contributed by atoms with E-state index in [4.69, 9.17) is 0 Å². The highest BCUT2D eigenvalue weighted by atomic mass is 16.3. The van der Waals surface area contributed by atoms with Crippen LogP contribution in [0.15, 0.2) is 60.2 Å². The van der Waals surface area contributed by atoms with Crippen LogP contribution < -0.4 is 4.90 Å². The Labute approximate surface area is 200 Å². The maximum atomic E-state index is 14.3. The van der Waals surface area contributed by atoms with Gasteiger partial charge < -0.3 is 19.8 Å². The van der Waals surface area contributed by atoms with E-state index in [0.717, 1.165) is 12.8 Å². The summed E-state index contributed by atoms with van der Waals surface area (Å²) in [6.07, 6.45) is 2.25. The van der Waals surface area contributed by atoms with Gasteiger partial charge in [0.1, 0.15) is 5.76 Å². The second kappa shape index (κ2) is 9.43. The van der Waals surface area contributed by atoms with Crippen molar-refractivity contribution in [1.29, 1.82) is 0 Å². The van der Waals surface area contributed by atoms with E-state index in [1.165, 1.54) is 4.90 Å². The minimum Gasteiger partial charge on any atom is -0.507 e. The van der Waals surface area contributed by atoms with Gasteiger partial charge in [-0.15, -0.1) is 0 Å². The number of anilines is 1. The van der Waals surface area contributed by atoms with Crippen LogP contribution in [0.1, 0.15) is 37.3 Å². The zero-order chi connectivity index (χ0) is 24.5. The first-order valence-electron chi connectivity index (χ1n) is 11.8. The van der Waals surface area contributed by atoms with Crippen LogP contribution in [0.4, 0.5) is 5.69 Å². The fourth-order valence-corrected chi connectivity index (χ4v) is 4.99. The first kappa shape index (κ1) is 23.7. The highest BCUT2D eigenvalue weighted by Gasteiger charge is 2.66. The summed E-state index contributed by atoms with van der Waals surface area (Å²) in [6.45, 7) is 3.43. The zero-order valence-corrected chi connectivity index (χ0v) is 20.0. The summed E-state index contributed by atoms with van der Waals surface area (Å²) in [4.78, 5) is 46.2. The van der Waals surface area contributed by atoms with Crippen molar-refractivity contribution in [2.24, 2.45) is 0 Å². The van der Waals surface area contributed by atoms with Crippen molar-refractivity contribution in [3.05, 3.63) is 71.3 Å². The van der Waals surface area contributed by atoms with Gasteiger partial charge in [-0.25, -0.2) is 0 Å². The van der Waals surface area contributed by atoms with Crippen LogP contribution in [0.2, 0.25) is 0 Å². The molecule has 2 aliphatic rings. The number of benzene rings is 2. The van der Waals surface area contributed by atoms with E-state index in [2.05, 4.69) is 0 Å². The Hall–Kier alpha value is -3.45. The molecule has 4 rings (SSSR count). The minimum atomic E-state index is -1.68. The molecule has 0 radical (unpaired) electrons. The molecule has 1 saturated heterocycles. The summed E-state index contributed by atoms with van der Waals surface area (Å²) >= 11 is 0. The number of hydrogen-bond donors (Lipinski definition) is 1. The average Bonchev–Trinajstić information content (AvgIpc) is 3.21. The fraction of sp³-hybridized carbons (Fsp3) is 0.370. The monoisotopic (exact) mass is 461 g/mol. The molecule has 2 aromatic carbocycles. The summed E-state index contributed by atoms with van der Waals surface area (Å²) in [5.41, 5.74) is -0.183. The first-order valence-corrected chi connectivity index (χ1v) is 11.8. The number of Topliss-reactive ketones (excluding diaryl/α,β-unsaturated/α-hetero) is 1. The quantitative estimate of drug-likeness (QED) is 0.370. The summed E-state index contributed by atoms with van der Waals surface area (Å²) in [5.74, 6) is -2.26. The number of hydrogen-bond acceptors (Lipinski definition) is 5. The molecule has 2 heterocycles. The van der Waals surface area contributed by atoms with Crippen molar-refractivity contribution < 1.29 is 19.5 Å². The number of likely N-dealkylation sites (tertiary alicyclic amines) is 1. The number of unbranched alkanes of at least 4 members (excludes halogenated alkanes) is 1. The lowest BCUT2D eigenvalue weighted by atomic mass is 9.82. The van der Waals surface area contributed by atoms with Crippen LogP contribution >= 0.6 is 0 Å². The maximum Gasteiger partial charge on any atom is 0.296 e. The summed E-state index contributed by atoms with van der Waals surface area (Å²) in [5, 5.41) is 11.4. The molecule has 0 saturated carbocycles. The van der Waals surface area contributed by atoms with Gasteiger partial charge >= 0.3 is 0 Å². The van der Waals surface area contributed by atoms with Crippen LogP contribution in [-0.4, -0.2) is 66.2 Å². The van der Waals surface area contributed by atoms with Gasteiger partial charge in [-0.05, 0) is 39.5 Å². The molecular weight excluding hydrogens is 430 g/mol. The summed E-state index contributed by atoms with van der Waals surface area (Å²) < 4.78 is 0. The Balaban J connectivity index is 1.97. The molecule has 0 aliphatic carbocycles. The number of aliphatic hydroxyl groups is 1. The van der Waals surface area contributed by atoms with Gasteiger partial charge in [-0.2, -0.15) is 0 Å². The molecule has 0 bridgehead atoms. The van der Waals surface area contributed by atoms with E-state index in [1.807, 2.05) is 38.1 Å². The molecule has 0 unspecified atom stereocenters. The Morgan fingerprint density at radius 1 is 0.941 bits per heavy atom. The largest absolute Gasteiger partial charge is 0.507 e. The van der Waals surface area contributed by atoms with Crippen LogP contribution in [0.25, 0.3) is 5.76 Å². The van der Waals surface area contributed by atoms with E-state index in [9.17, 15) is 19.5 Å². The van der Waals surface area contributed by atoms with E-state index in [-0.39, 0.29) is 23.8 Å². The minimum absolute atomic E-state index is 0.148. The Bertz CT molecular complexity index is 1140. The SMILES string of the molecule is CCCCN1C(=O)[C@]2(C(=C(O)c3ccccc3)C(=O)C(=O)N2CCCN(C)C)c2ccccc21. The number of aliphatic hydroxyl groups excluding tert-OH is 1. The molecular formula is C27H31N3O4. The van der Waals surface area contributed by atoms with Gasteiger partial charge in [0.05, 0.1) is 11.3 Å². The van der Waals surface area contributed by atoms with E-state index >= 15 is 0 Å². The molecule has 2 amide bonds. The number of carbonyl (C=O) groups excluding carboxylic acids is 3. The highest BCUT2D eigenvalue weighted by Crippen LogP contribution is 2.53. The Morgan fingerprint density at radius 3 is 2.29 bits per heavy atom. The van der Waals surface area contributed by atoms with Crippen molar-refractivity contribution in [3.63, 3.8) is 0 Å². The predicted octanol–water partition coefficient (Wildman–Crippen LogP) is 3.36. The molecule has 2 aromatic rings. The van der Waals surface area contributed by atoms with E-state index in [0.29, 0.717) is 36.3 Å². The van der Waals surface area contributed by atoms with Gasteiger partial charge in [-0.3, -0.25) is 14.4 Å². The average molecular weight is 462 g/mol. The standard InChI is InChI=1S/C27H31N3O4/c1-4-5-17-29-21-15-10-9-14-20(21)27(26(29)34)22(23(31)19-12-7-6-8-13-19)24(32)25(33)30(27)18-11-16-28(2)3/h6-10,12-15,31H,4-5,11,16-18H2,1-3H3/t27-/m1/s1. The smallest absolute Gasteiger partial charge is 0.296 e. The lowest BCUT2D eigenvalue weighted by Crippen LogP contribution is -2.52. The normalized spacial score (nSPS) is 21.2. The molecule has 2 aliphatic heterocycles. The van der Waals surface area contributed by atoms with Crippen LogP contribution in [0.3, 0.4) is 0 Å². The zero-order valence-electron chi connectivity index (χ0n) is 20.0. The number of nitrogens with zero attached hydrogens (tertiary/aromatic N) is 3. The number of carbonyl (C=O) groups is 3. The van der Waals surface area contributed by atoms with Gasteiger partial charge in [0.25, 0.3) is 17.6 Å². The van der Waals surface area contributed by atoms with Gasteiger partial charge in [-0.1, -0.05) is 61.9 Å². The van der Waals surface area contributed by atoms with Gasteiger partial charge in [0.15, 0.2) is 5.54 Å². The van der Waals surface area contributed by atoms with Gasteiger partial charge in [0.2, 0.25) is 0 Å². The Morgan fingerprint density at radius 2 is 1.62 bits per heavy atom. The van der Waals surface area contributed by atoms with Crippen molar-refractivity contribution in [1.82, 2.24) is 9.80 Å². The number of para-hydroxylation sites is 1. The molecule has 1 atom stereocenters. The molecule has 1 fully saturated rings. The topological polar surface area (TPSA) is 81.2 Å². The number of amides is 2. The van der Waals surface area contributed by atoms with Crippen molar-refractivity contribution in [2.45, 2.75) is 31.7 Å². The highest BCUT2D eigenvalue weighted by molar-refractivity contribution is 6.50. The number of fused-ring (bicyclic) bond motifs is 2. The molecule has 7 nitrogen and oxygen atoms in total. The third-order valence-electron chi connectivity index (χ3n) is 6.58. The molecule has 7 heteroatoms. The fourth-order valence-electron chi connectivity index (χ4n) is 4.99. The van der Waals surface area contributed by atoms with Crippen LogP contribution in [0, 0.1) is 0 Å². The lowest BCUT2D eigenvalue weighted by molar-refractivity contribution is -0.143. The third kappa shape index (κ3) is 3.60. The number of rotatable bonds is 8. The molecule has 34 heavy (non-hydrogen) atoms. The summed E-state index contributed by atoms with van der Waals surface area (Å²) in [7, 11) is 3.86. The summed E-state index contributed by atoms with van der Waals surface area (Å²) in [6, 6.07) is 15.9. The van der Waals surface area contributed by atoms with Crippen LogP contribution in [-0.2, 0) is 19.9 Å². The number of ketones is 1. The Kier molecular flexibility index (Phi) is 6.57. The van der Waals surface area contributed by atoms with Crippen molar-refractivity contribution in [3.8, 4) is 0 Å². The lowest BCUT2D eigenvalue weighted by Gasteiger charge is -2.34. The first-order chi connectivity index (χ1) is 16.4. The van der Waals surface area contributed by atoms with E-state index < -0.39 is 17.2 Å². The maximum absolute atomic E-state index is 14.3. The van der Waals surface area contributed by atoms with Crippen molar-refractivity contribution in [2.75, 3.05) is 38.6 Å². The molecule has 0 aromatic heterocycles. The second-order valence-electron chi connectivity index (χ2n) is 9.07. The van der Waals surface area contributed by atoms with E-state index in [1.54, 1.807) is 47.4 Å². The second-order valence-corrected chi connectivity index (χ2v) is 9.07.